The lowest BCUT2D eigenvalue weighted by Crippen LogP contribution is -2.17. The van der Waals surface area contributed by atoms with Gasteiger partial charge in [-0.05, 0) is 25.8 Å². The second-order valence-corrected chi connectivity index (χ2v) is 4.84. The lowest BCUT2D eigenvalue weighted by Gasteiger charge is -2.06. The van der Waals surface area contributed by atoms with Gasteiger partial charge in [0.2, 0.25) is 5.95 Å². The van der Waals surface area contributed by atoms with Gasteiger partial charge in [-0.25, -0.2) is 9.97 Å². The summed E-state index contributed by atoms with van der Waals surface area (Å²) < 4.78 is 5.51. The van der Waals surface area contributed by atoms with E-state index in [4.69, 9.17) is 4.74 Å². The molecule has 5 nitrogen and oxygen atoms in total. The summed E-state index contributed by atoms with van der Waals surface area (Å²) in [6, 6.07) is 0. The molecule has 0 aromatic carbocycles. The molecule has 1 rings (SSSR count). The van der Waals surface area contributed by atoms with Crippen LogP contribution in [0.2, 0.25) is 0 Å². The number of nitrogens with one attached hydrogen (secondary N) is 2. The van der Waals surface area contributed by atoms with Crippen molar-refractivity contribution in [3.05, 3.63) is 18.0 Å². The molecule has 0 radical (unpaired) electrons. The molecule has 0 aliphatic heterocycles. The maximum Gasteiger partial charge on any atom is 0.222 e. The van der Waals surface area contributed by atoms with Crippen molar-refractivity contribution in [1.29, 1.82) is 0 Å². The zero-order valence-electron chi connectivity index (χ0n) is 12.8. The Morgan fingerprint density at radius 3 is 2.45 bits per heavy atom. The molecule has 0 bridgehead atoms. The first-order valence-electron chi connectivity index (χ1n) is 7.70. The Morgan fingerprint density at radius 1 is 1.00 bits per heavy atom. The number of hydrogen-bond acceptors (Lipinski definition) is 5. The molecular weight excluding hydrogens is 252 g/mol. The van der Waals surface area contributed by atoms with E-state index in [0.29, 0.717) is 5.95 Å². The van der Waals surface area contributed by atoms with E-state index in [2.05, 4.69) is 34.4 Å². The molecule has 1 heterocycles. The van der Waals surface area contributed by atoms with Crippen molar-refractivity contribution in [3.8, 4) is 0 Å². The van der Waals surface area contributed by atoms with Crippen molar-refractivity contribution in [2.75, 3.05) is 31.6 Å². The number of nitrogens with zero attached hydrogens (tertiary/aromatic N) is 2. The summed E-state index contributed by atoms with van der Waals surface area (Å²) in [6.45, 7) is 8.70. The number of unbranched alkanes of at least 4 members (excludes halogenated alkanes) is 1. The van der Waals surface area contributed by atoms with Gasteiger partial charge >= 0.3 is 0 Å². The van der Waals surface area contributed by atoms with Crippen molar-refractivity contribution in [1.82, 2.24) is 15.3 Å². The van der Waals surface area contributed by atoms with Crippen LogP contribution >= 0.6 is 0 Å². The molecule has 0 aliphatic rings. The number of ether oxygens (including phenoxy) is 1. The molecule has 0 unspecified atom stereocenters. The number of anilines is 1. The molecule has 0 atom stereocenters. The normalized spacial score (nSPS) is 10.7. The Labute approximate surface area is 122 Å². The van der Waals surface area contributed by atoms with Crippen LogP contribution in [0, 0.1) is 0 Å². The Bertz CT molecular complexity index is 329. The molecule has 1 aromatic heterocycles. The van der Waals surface area contributed by atoms with E-state index in [9.17, 15) is 0 Å². The van der Waals surface area contributed by atoms with Crippen molar-refractivity contribution in [2.24, 2.45) is 0 Å². The van der Waals surface area contributed by atoms with Crippen LogP contribution in [-0.4, -0.2) is 36.3 Å². The standard InChI is InChI=1S/C15H28N4O/c1-3-5-9-20-10-6-8-16-11-14-12-18-15(19-13-14)17-7-4-2/h12-13,16H,3-11H2,1-2H3,(H,17,18,19). The number of rotatable bonds is 12. The van der Waals surface area contributed by atoms with Gasteiger partial charge in [-0.1, -0.05) is 20.3 Å². The molecule has 5 heteroatoms. The Hall–Kier alpha value is -1.20. The van der Waals surface area contributed by atoms with Crippen molar-refractivity contribution in [3.63, 3.8) is 0 Å². The average Bonchev–Trinajstić information content (AvgIpc) is 2.49. The highest BCUT2D eigenvalue weighted by molar-refractivity contribution is 5.24. The number of aromatic nitrogens is 2. The first-order chi connectivity index (χ1) is 9.86. The summed E-state index contributed by atoms with van der Waals surface area (Å²) in [5.74, 6) is 0.708. The molecule has 0 saturated carbocycles. The van der Waals surface area contributed by atoms with E-state index >= 15 is 0 Å². The molecule has 20 heavy (non-hydrogen) atoms. The third-order valence-electron chi connectivity index (χ3n) is 2.85. The fraction of sp³-hybridized carbons (Fsp3) is 0.733. The van der Waals surface area contributed by atoms with Crippen LogP contribution < -0.4 is 10.6 Å². The Kier molecular flexibility index (Phi) is 9.79. The predicted molar refractivity (Wildman–Crippen MR) is 82.9 cm³/mol. The zero-order valence-corrected chi connectivity index (χ0v) is 12.8. The molecule has 0 aliphatic carbocycles. The maximum absolute atomic E-state index is 5.51. The van der Waals surface area contributed by atoms with E-state index < -0.39 is 0 Å². The van der Waals surface area contributed by atoms with Crippen LogP contribution in [0.5, 0.6) is 0 Å². The van der Waals surface area contributed by atoms with Crippen molar-refractivity contribution < 1.29 is 4.74 Å². The molecule has 1 aromatic rings. The monoisotopic (exact) mass is 280 g/mol. The molecule has 0 amide bonds. The van der Waals surface area contributed by atoms with Gasteiger partial charge in [0.05, 0.1) is 0 Å². The van der Waals surface area contributed by atoms with E-state index in [-0.39, 0.29) is 0 Å². The van der Waals surface area contributed by atoms with E-state index in [1.807, 2.05) is 12.4 Å². The fourth-order valence-electron chi connectivity index (χ4n) is 1.65. The third-order valence-corrected chi connectivity index (χ3v) is 2.85. The number of hydrogen-bond donors (Lipinski definition) is 2. The average molecular weight is 280 g/mol. The Morgan fingerprint density at radius 2 is 1.75 bits per heavy atom. The van der Waals surface area contributed by atoms with Crippen LogP contribution in [0.4, 0.5) is 5.95 Å². The van der Waals surface area contributed by atoms with E-state index in [1.54, 1.807) is 0 Å². The van der Waals surface area contributed by atoms with E-state index in [0.717, 1.165) is 57.7 Å². The largest absolute Gasteiger partial charge is 0.381 e. The first kappa shape index (κ1) is 16.9. The van der Waals surface area contributed by atoms with Gasteiger partial charge in [-0.2, -0.15) is 0 Å². The summed E-state index contributed by atoms with van der Waals surface area (Å²) in [6.07, 6.45) is 8.21. The van der Waals surface area contributed by atoms with Crippen molar-refractivity contribution in [2.45, 2.75) is 46.1 Å². The highest BCUT2D eigenvalue weighted by Gasteiger charge is 1.97. The summed E-state index contributed by atoms with van der Waals surface area (Å²) in [5, 5.41) is 6.54. The van der Waals surface area contributed by atoms with E-state index in [1.165, 1.54) is 6.42 Å². The molecule has 2 N–H and O–H groups in total. The van der Waals surface area contributed by atoms with Gasteiger partial charge in [-0.3, -0.25) is 0 Å². The van der Waals surface area contributed by atoms with Crippen molar-refractivity contribution >= 4 is 5.95 Å². The first-order valence-corrected chi connectivity index (χ1v) is 7.70. The van der Waals surface area contributed by atoms with Crippen LogP contribution in [0.15, 0.2) is 12.4 Å². The topological polar surface area (TPSA) is 59.1 Å². The van der Waals surface area contributed by atoms with Crippen LogP contribution in [0.25, 0.3) is 0 Å². The zero-order chi connectivity index (χ0) is 14.5. The van der Waals surface area contributed by atoms with Gasteiger partial charge in [0.15, 0.2) is 0 Å². The summed E-state index contributed by atoms with van der Waals surface area (Å²) in [7, 11) is 0. The van der Waals surface area contributed by atoms with Gasteiger partial charge in [0.1, 0.15) is 0 Å². The summed E-state index contributed by atoms with van der Waals surface area (Å²) in [4.78, 5) is 8.56. The lowest BCUT2D eigenvalue weighted by molar-refractivity contribution is 0.129. The Balaban J connectivity index is 2.04. The fourth-order valence-corrected chi connectivity index (χ4v) is 1.65. The third kappa shape index (κ3) is 8.07. The molecular formula is C15H28N4O. The van der Waals surface area contributed by atoms with Gasteiger partial charge in [-0.15, -0.1) is 0 Å². The molecule has 114 valence electrons. The van der Waals surface area contributed by atoms with Gasteiger partial charge < -0.3 is 15.4 Å². The minimum Gasteiger partial charge on any atom is -0.381 e. The lowest BCUT2D eigenvalue weighted by atomic mass is 10.3. The minimum atomic E-state index is 0.708. The molecule has 0 saturated heterocycles. The summed E-state index contributed by atoms with van der Waals surface area (Å²) >= 11 is 0. The highest BCUT2D eigenvalue weighted by atomic mass is 16.5. The molecule has 0 spiro atoms. The highest BCUT2D eigenvalue weighted by Crippen LogP contribution is 2.00. The van der Waals surface area contributed by atoms with Gasteiger partial charge in [0.25, 0.3) is 0 Å². The maximum atomic E-state index is 5.51. The SMILES string of the molecule is CCCCOCCCNCc1cnc(NCCC)nc1. The minimum absolute atomic E-state index is 0.708. The van der Waals surface area contributed by atoms with Crippen LogP contribution in [0.3, 0.4) is 0 Å². The summed E-state index contributed by atoms with van der Waals surface area (Å²) in [5.41, 5.74) is 1.11. The quantitative estimate of drug-likeness (QED) is 0.576. The van der Waals surface area contributed by atoms with Gasteiger partial charge in [0, 0.05) is 44.3 Å². The second-order valence-electron chi connectivity index (χ2n) is 4.84. The molecule has 0 fully saturated rings. The van der Waals surface area contributed by atoms with Crippen LogP contribution in [-0.2, 0) is 11.3 Å². The van der Waals surface area contributed by atoms with Crippen LogP contribution in [0.1, 0.15) is 45.1 Å². The second kappa shape index (κ2) is 11.6. The smallest absolute Gasteiger partial charge is 0.222 e. The predicted octanol–water partition coefficient (Wildman–Crippen LogP) is 2.59.